The lowest BCUT2D eigenvalue weighted by atomic mass is 10.1. The van der Waals surface area contributed by atoms with Crippen molar-refractivity contribution < 1.29 is 34.5 Å². The van der Waals surface area contributed by atoms with E-state index >= 15 is 0 Å². The van der Waals surface area contributed by atoms with Crippen LogP contribution in [0.5, 0.6) is 5.75 Å². The van der Waals surface area contributed by atoms with Gasteiger partial charge in [0.25, 0.3) is 11.8 Å². The number of anilines is 1. The average Bonchev–Trinajstić information content (AvgIpc) is 3.12. The first-order valence-corrected chi connectivity index (χ1v) is 11.5. The molecule has 35 heavy (non-hydrogen) atoms. The Hall–Kier alpha value is -3.90. The summed E-state index contributed by atoms with van der Waals surface area (Å²) >= 11 is 6.17. The molecule has 2 amide bonds. The minimum atomic E-state index is -1.41. The van der Waals surface area contributed by atoms with Gasteiger partial charge in [-0.05, 0) is 47.9 Å². The summed E-state index contributed by atoms with van der Waals surface area (Å²) in [6.07, 6.45) is 1.01. The third-order valence-electron chi connectivity index (χ3n) is 4.90. The molecule has 6 N–H and O–H groups in total. The fourth-order valence-corrected chi connectivity index (χ4v) is 4.15. The third-order valence-corrected chi connectivity index (χ3v) is 6.07. The van der Waals surface area contributed by atoms with Gasteiger partial charge in [0.15, 0.2) is 0 Å². The van der Waals surface area contributed by atoms with Gasteiger partial charge in [0.2, 0.25) is 0 Å². The first-order chi connectivity index (χ1) is 16.6. The first-order valence-electron chi connectivity index (χ1n) is 10.3. The number of phenolic OH excluding ortho intramolecular Hbond substituents is 1. The Kier molecular flexibility index (Phi) is 8.44. The van der Waals surface area contributed by atoms with Gasteiger partial charge in [-0.1, -0.05) is 42.2 Å². The van der Waals surface area contributed by atoms with Crippen molar-refractivity contribution >= 4 is 63.8 Å². The number of amides is 2. The van der Waals surface area contributed by atoms with E-state index in [0.717, 1.165) is 11.3 Å². The van der Waals surface area contributed by atoms with Gasteiger partial charge in [0, 0.05) is 18.7 Å². The molecule has 182 valence electrons. The molecule has 0 bridgehead atoms. The Morgan fingerprint density at radius 2 is 1.83 bits per heavy atom. The summed E-state index contributed by atoms with van der Waals surface area (Å²) in [6, 6.07) is 10.2. The molecule has 0 aromatic heterocycles. The molecule has 0 spiro atoms. The minimum absolute atomic E-state index is 0.127. The molecule has 1 atom stereocenters. The predicted octanol–water partition coefficient (Wildman–Crippen LogP) is 2.54. The van der Waals surface area contributed by atoms with Gasteiger partial charge in [0.05, 0.1) is 10.5 Å². The molecule has 1 fully saturated rings. The van der Waals surface area contributed by atoms with Crippen molar-refractivity contribution in [1.29, 1.82) is 0 Å². The summed E-state index contributed by atoms with van der Waals surface area (Å²) in [4.78, 5) is 46.9. The maximum atomic E-state index is 12.5. The van der Waals surface area contributed by atoms with E-state index in [1.165, 1.54) is 23.9 Å². The number of hydrogen-bond donors (Lipinski definition) is 6. The van der Waals surface area contributed by atoms with Gasteiger partial charge in [-0.15, -0.1) is 0 Å². The summed E-state index contributed by atoms with van der Waals surface area (Å²) in [5, 5.41) is 36.0. The van der Waals surface area contributed by atoms with Crippen LogP contribution in [0.4, 0.5) is 5.69 Å². The molecule has 2 aromatic rings. The lowest BCUT2D eigenvalue weighted by molar-refractivity contribution is -0.140. The molecule has 3 rings (SSSR count). The van der Waals surface area contributed by atoms with Crippen LogP contribution >= 0.6 is 24.0 Å². The SMILES string of the molecule is O=C(O)CC[C@@H](NC(=O)c1cc(CNc2ccc(/C=C3\SC(=S)NC3=O)cc2)ccc1O)C(=O)O. The van der Waals surface area contributed by atoms with Gasteiger partial charge in [-0.2, -0.15) is 0 Å². The van der Waals surface area contributed by atoms with Crippen LogP contribution in [0.25, 0.3) is 6.08 Å². The molecule has 1 aliphatic heterocycles. The molecule has 0 aliphatic carbocycles. The van der Waals surface area contributed by atoms with Crippen molar-refractivity contribution in [3.8, 4) is 5.75 Å². The van der Waals surface area contributed by atoms with Crippen LogP contribution in [0.15, 0.2) is 47.4 Å². The minimum Gasteiger partial charge on any atom is -0.507 e. The highest BCUT2D eigenvalue weighted by Gasteiger charge is 2.23. The van der Waals surface area contributed by atoms with E-state index in [9.17, 15) is 29.4 Å². The maximum absolute atomic E-state index is 12.5. The number of carboxylic acids is 2. The smallest absolute Gasteiger partial charge is 0.326 e. The summed E-state index contributed by atoms with van der Waals surface area (Å²) in [7, 11) is 0. The second kappa shape index (κ2) is 11.5. The van der Waals surface area contributed by atoms with Gasteiger partial charge >= 0.3 is 11.9 Å². The Morgan fingerprint density at radius 3 is 2.43 bits per heavy atom. The molecule has 10 nitrogen and oxygen atoms in total. The fourth-order valence-electron chi connectivity index (χ4n) is 3.11. The Labute approximate surface area is 209 Å². The molecule has 12 heteroatoms. The zero-order valence-corrected chi connectivity index (χ0v) is 19.7. The van der Waals surface area contributed by atoms with E-state index in [0.29, 0.717) is 21.3 Å². The number of carboxylic acid groups (broad SMARTS) is 2. The van der Waals surface area contributed by atoms with Gasteiger partial charge in [0.1, 0.15) is 16.1 Å². The first kappa shape index (κ1) is 25.7. The molecule has 1 aliphatic rings. The van der Waals surface area contributed by atoms with E-state index in [2.05, 4.69) is 16.0 Å². The van der Waals surface area contributed by atoms with Crippen molar-refractivity contribution in [2.24, 2.45) is 0 Å². The topological polar surface area (TPSA) is 165 Å². The quantitative estimate of drug-likeness (QED) is 0.205. The summed E-state index contributed by atoms with van der Waals surface area (Å²) in [5.41, 5.74) is 2.10. The summed E-state index contributed by atoms with van der Waals surface area (Å²) in [5.74, 6) is -3.94. The second-order valence-corrected chi connectivity index (χ2v) is 9.19. The van der Waals surface area contributed by atoms with Crippen LogP contribution in [0, 0.1) is 0 Å². The molecule has 2 aromatic carbocycles. The van der Waals surface area contributed by atoms with E-state index in [-0.39, 0.29) is 23.6 Å². The van der Waals surface area contributed by atoms with Gasteiger partial charge in [-0.25, -0.2) is 4.79 Å². The zero-order chi connectivity index (χ0) is 25.5. The molecule has 0 saturated carbocycles. The highest BCUT2D eigenvalue weighted by atomic mass is 32.2. The van der Waals surface area contributed by atoms with E-state index in [4.69, 9.17) is 17.3 Å². The number of thioether (sulfide) groups is 1. The highest BCUT2D eigenvalue weighted by molar-refractivity contribution is 8.26. The summed E-state index contributed by atoms with van der Waals surface area (Å²) in [6.45, 7) is 0.300. The largest absolute Gasteiger partial charge is 0.507 e. The van der Waals surface area contributed by atoms with E-state index < -0.39 is 30.3 Å². The Balaban J connectivity index is 1.63. The van der Waals surface area contributed by atoms with Crippen LogP contribution in [-0.4, -0.2) is 49.4 Å². The lowest BCUT2D eigenvalue weighted by Gasteiger charge is -2.15. The number of carbonyl (C=O) groups excluding carboxylic acids is 2. The number of aromatic hydroxyl groups is 1. The maximum Gasteiger partial charge on any atom is 0.326 e. The van der Waals surface area contributed by atoms with Crippen molar-refractivity contribution in [3.05, 3.63) is 64.1 Å². The van der Waals surface area contributed by atoms with E-state index in [1.54, 1.807) is 12.1 Å². The zero-order valence-electron chi connectivity index (χ0n) is 18.1. The van der Waals surface area contributed by atoms with Crippen LogP contribution in [0.2, 0.25) is 0 Å². The number of hydrogen-bond acceptors (Lipinski definition) is 8. The van der Waals surface area contributed by atoms with Crippen molar-refractivity contribution in [2.75, 3.05) is 5.32 Å². The number of carbonyl (C=O) groups is 4. The van der Waals surface area contributed by atoms with Crippen LogP contribution in [-0.2, 0) is 20.9 Å². The number of thiocarbonyl (C=S) groups is 1. The predicted molar refractivity (Wildman–Crippen MR) is 134 cm³/mol. The monoisotopic (exact) mass is 515 g/mol. The Bertz CT molecular complexity index is 1210. The molecule has 0 radical (unpaired) electrons. The molecular weight excluding hydrogens is 494 g/mol. The number of benzene rings is 2. The normalized spacial score (nSPS) is 14.9. The molecular formula is C23H21N3O7S2. The number of aliphatic carboxylic acids is 2. The average molecular weight is 516 g/mol. The van der Waals surface area contributed by atoms with E-state index in [1.807, 2.05) is 24.3 Å². The molecule has 0 unspecified atom stereocenters. The lowest BCUT2D eigenvalue weighted by Crippen LogP contribution is -2.41. The number of phenols is 1. The van der Waals surface area contributed by atoms with Crippen LogP contribution in [0.3, 0.4) is 0 Å². The Morgan fingerprint density at radius 1 is 1.11 bits per heavy atom. The number of nitrogens with one attached hydrogen (secondary N) is 3. The summed E-state index contributed by atoms with van der Waals surface area (Å²) < 4.78 is 0.417. The second-order valence-electron chi connectivity index (χ2n) is 7.48. The van der Waals surface area contributed by atoms with Gasteiger partial charge < -0.3 is 31.3 Å². The van der Waals surface area contributed by atoms with Crippen molar-refractivity contribution in [1.82, 2.24) is 10.6 Å². The van der Waals surface area contributed by atoms with Crippen molar-refractivity contribution in [2.45, 2.75) is 25.4 Å². The van der Waals surface area contributed by atoms with Crippen LogP contribution in [0.1, 0.15) is 34.3 Å². The van der Waals surface area contributed by atoms with Gasteiger partial charge in [-0.3, -0.25) is 14.4 Å². The molecule has 1 saturated heterocycles. The standard InChI is InChI=1S/C23H21N3O7S2/c27-17-7-3-13(9-15(17)20(30)25-16(22(32)33)6-8-19(28)29)11-24-14-4-1-12(2-5-14)10-18-21(31)26-23(34)35-18/h1-5,7,9-10,16,24,27H,6,8,11H2,(H,25,30)(H,28,29)(H,32,33)(H,26,31,34)/b18-10-/t16-/m1/s1. The van der Waals surface area contributed by atoms with Crippen LogP contribution < -0.4 is 16.0 Å². The third kappa shape index (κ3) is 7.29. The highest BCUT2D eigenvalue weighted by Crippen LogP contribution is 2.26. The fraction of sp³-hybridized carbons (Fsp3) is 0.174. The number of rotatable bonds is 10. The molecule has 1 heterocycles. The van der Waals surface area contributed by atoms with Crippen molar-refractivity contribution in [3.63, 3.8) is 0 Å².